The zero-order valence-electron chi connectivity index (χ0n) is 8.18. The molecule has 0 aliphatic carbocycles. The van der Waals surface area contributed by atoms with Crippen LogP contribution in [0.2, 0.25) is 5.02 Å². The van der Waals surface area contributed by atoms with Crippen LogP contribution in [0, 0.1) is 5.82 Å². The fraction of sp³-hybridized carbons (Fsp3) is 0. The number of nitrogens with two attached hydrogens (primary N) is 1. The topological polar surface area (TPSA) is 102 Å². The molecule has 0 aliphatic heterocycles. The Labute approximate surface area is 101 Å². The molecule has 9 heteroatoms. The van der Waals surface area contributed by atoms with E-state index in [9.17, 15) is 12.8 Å². The van der Waals surface area contributed by atoms with Gasteiger partial charge in [-0.15, -0.1) is 0 Å². The van der Waals surface area contributed by atoms with E-state index in [4.69, 9.17) is 16.7 Å². The third-order valence-electron chi connectivity index (χ3n) is 1.93. The number of rotatable bonds is 2. The van der Waals surface area contributed by atoms with Crippen molar-refractivity contribution in [2.45, 2.75) is 5.16 Å². The Kier molecular flexibility index (Phi) is 2.86. The lowest BCUT2D eigenvalue weighted by Gasteiger charge is -1.98. The second kappa shape index (κ2) is 4.06. The average molecular weight is 277 g/mol. The summed E-state index contributed by atoms with van der Waals surface area (Å²) in [5.74, 6) is -0.858. The molecule has 0 radical (unpaired) electrons. The molecule has 0 aliphatic rings. The summed E-state index contributed by atoms with van der Waals surface area (Å²) in [4.78, 5) is 3.58. The molecule has 0 saturated carbocycles. The number of halogens is 2. The van der Waals surface area contributed by atoms with Crippen LogP contribution in [0.4, 0.5) is 4.39 Å². The molecular formula is C8H6ClFN4O2S. The molecule has 90 valence electrons. The van der Waals surface area contributed by atoms with Crippen molar-refractivity contribution in [3.05, 3.63) is 29.0 Å². The van der Waals surface area contributed by atoms with Gasteiger partial charge in [-0.3, -0.25) is 0 Å². The summed E-state index contributed by atoms with van der Waals surface area (Å²) in [7, 11) is -4.00. The first-order chi connectivity index (χ1) is 7.89. The first-order valence-electron chi connectivity index (χ1n) is 4.29. The van der Waals surface area contributed by atoms with Gasteiger partial charge in [-0.05, 0) is 12.1 Å². The van der Waals surface area contributed by atoms with E-state index in [2.05, 4.69) is 15.2 Å². The van der Waals surface area contributed by atoms with E-state index in [0.29, 0.717) is 0 Å². The van der Waals surface area contributed by atoms with Crippen LogP contribution in [0.1, 0.15) is 0 Å². The number of aromatic nitrogens is 3. The number of aromatic amines is 1. The summed E-state index contributed by atoms with van der Waals surface area (Å²) in [5, 5.41) is 9.86. The van der Waals surface area contributed by atoms with Crippen molar-refractivity contribution in [3.63, 3.8) is 0 Å². The molecule has 3 N–H and O–H groups in total. The fourth-order valence-corrected chi connectivity index (χ4v) is 1.73. The Morgan fingerprint density at radius 3 is 2.71 bits per heavy atom. The minimum atomic E-state index is -4.00. The summed E-state index contributed by atoms with van der Waals surface area (Å²) in [6, 6.07) is 4.22. The van der Waals surface area contributed by atoms with E-state index < -0.39 is 21.0 Å². The second-order valence-corrected chi connectivity index (χ2v) is 4.99. The quantitative estimate of drug-likeness (QED) is 0.851. The molecule has 1 heterocycles. The zero-order chi connectivity index (χ0) is 12.6. The average Bonchev–Trinajstić information content (AvgIpc) is 2.70. The zero-order valence-corrected chi connectivity index (χ0v) is 9.76. The number of primary sulfonamides is 1. The van der Waals surface area contributed by atoms with Crippen molar-refractivity contribution in [1.29, 1.82) is 0 Å². The van der Waals surface area contributed by atoms with Crippen LogP contribution in [0.25, 0.3) is 11.4 Å². The van der Waals surface area contributed by atoms with Crippen molar-refractivity contribution in [1.82, 2.24) is 15.2 Å². The van der Waals surface area contributed by atoms with Gasteiger partial charge in [0.25, 0.3) is 15.2 Å². The van der Waals surface area contributed by atoms with E-state index in [1.807, 2.05) is 0 Å². The highest BCUT2D eigenvalue weighted by Gasteiger charge is 2.17. The van der Waals surface area contributed by atoms with Gasteiger partial charge < -0.3 is 0 Å². The maximum atomic E-state index is 13.6. The van der Waals surface area contributed by atoms with Crippen LogP contribution < -0.4 is 5.14 Å². The molecule has 0 atom stereocenters. The van der Waals surface area contributed by atoms with Crippen LogP contribution >= 0.6 is 11.6 Å². The SMILES string of the molecule is NS(=O)(=O)c1nc(-c2cccc(Cl)c2F)n[nH]1. The number of nitrogens with zero attached hydrogens (tertiary/aromatic N) is 2. The summed E-state index contributed by atoms with van der Waals surface area (Å²) in [6.45, 7) is 0. The van der Waals surface area contributed by atoms with Gasteiger partial charge in [-0.25, -0.2) is 23.0 Å². The van der Waals surface area contributed by atoms with Gasteiger partial charge in [0, 0.05) is 0 Å². The molecule has 0 spiro atoms. The monoisotopic (exact) mass is 276 g/mol. The Bertz CT molecular complexity index is 670. The summed E-state index contributed by atoms with van der Waals surface area (Å²) in [5.41, 5.74) is -0.0105. The maximum absolute atomic E-state index is 13.6. The Hall–Kier alpha value is -1.51. The molecule has 2 rings (SSSR count). The minimum Gasteiger partial charge on any atom is -0.248 e. The smallest absolute Gasteiger partial charge is 0.248 e. The fourth-order valence-electron chi connectivity index (χ4n) is 1.17. The standard InChI is InChI=1S/C8H6ClFN4O2S/c9-5-3-1-2-4(6(5)10)7-12-8(14-13-7)17(11,15)16/h1-3H,(H2,11,15,16)(H,12,13,14). The Morgan fingerprint density at radius 2 is 2.12 bits per heavy atom. The van der Waals surface area contributed by atoms with Crippen molar-refractivity contribution in [2.24, 2.45) is 5.14 Å². The first kappa shape index (κ1) is 12.0. The van der Waals surface area contributed by atoms with Crippen LogP contribution in [-0.2, 0) is 10.0 Å². The Morgan fingerprint density at radius 1 is 1.41 bits per heavy atom. The Balaban J connectivity index is 2.55. The molecule has 2 aromatic rings. The van der Waals surface area contributed by atoms with Gasteiger partial charge in [0.2, 0.25) is 0 Å². The predicted octanol–water partition coefficient (Wildman–Crippen LogP) is 0.912. The van der Waals surface area contributed by atoms with Crippen LogP contribution in [0.15, 0.2) is 23.4 Å². The van der Waals surface area contributed by atoms with Crippen molar-refractivity contribution < 1.29 is 12.8 Å². The number of sulfonamides is 1. The van der Waals surface area contributed by atoms with E-state index >= 15 is 0 Å². The number of H-pyrrole nitrogens is 1. The third kappa shape index (κ3) is 2.28. The molecule has 0 saturated heterocycles. The molecule has 0 fully saturated rings. The number of hydrogen-bond donors (Lipinski definition) is 2. The lowest BCUT2D eigenvalue weighted by atomic mass is 10.2. The lowest BCUT2D eigenvalue weighted by Crippen LogP contribution is -2.13. The van der Waals surface area contributed by atoms with Crippen molar-refractivity contribution >= 4 is 21.6 Å². The van der Waals surface area contributed by atoms with Gasteiger partial charge in [-0.2, -0.15) is 10.1 Å². The van der Waals surface area contributed by atoms with Crippen LogP contribution in [-0.4, -0.2) is 23.6 Å². The molecule has 17 heavy (non-hydrogen) atoms. The highest BCUT2D eigenvalue weighted by molar-refractivity contribution is 7.89. The molecule has 1 aromatic carbocycles. The molecular weight excluding hydrogens is 271 g/mol. The largest absolute Gasteiger partial charge is 0.273 e. The molecule has 6 nitrogen and oxygen atoms in total. The minimum absolute atomic E-state index is 0.0105. The van der Waals surface area contributed by atoms with Crippen LogP contribution in [0.3, 0.4) is 0 Å². The van der Waals surface area contributed by atoms with E-state index in [1.165, 1.54) is 18.2 Å². The molecule has 1 aromatic heterocycles. The number of benzene rings is 1. The summed E-state index contributed by atoms with van der Waals surface area (Å²) >= 11 is 5.58. The maximum Gasteiger partial charge on any atom is 0.273 e. The number of nitrogens with one attached hydrogen (secondary N) is 1. The highest BCUT2D eigenvalue weighted by atomic mass is 35.5. The van der Waals surface area contributed by atoms with E-state index in [-0.39, 0.29) is 16.4 Å². The van der Waals surface area contributed by atoms with Gasteiger partial charge in [-0.1, -0.05) is 17.7 Å². The van der Waals surface area contributed by atoms with Crippen LogP contribution in [0.5, 0.6) is 0 Å². The lowest BCUT2D eigenvalue weighted by molar-refractivity contribution is 0.589. The second-order valence-electron chi connectivity index (χ2n) is 3.11. The summed E-state index contributed by atoms with van der Waals surface area (Å²) < 4.78 is 35.5. The van der Waals surface area contributed by atoms with Gasteiger partial charge >= 0.3 is 0 Å². The van der Waals surface area contributed by atoms with Gasteiger partial charge in [0.05, 0.1) is 10.6 Å². The third-order valence-corrected chi connectivity index (χ3v) is 2.94. The highest BCUT2D eigenvalue weighted by Crippen LogP contribution is 2.25. The first-order valence-corrected chi connectivity index (χ1v) is 6.21. The van der Waals surface area contributed by atoms with Crippen molar-refractivity contribution in [2.75, 3.05) is 0 Å². The molecule has 0 amide bonds. The van der Waals surface area contributed by atoms with Gasteiger partial charge in [0.1, 0.15) is 0 Å². The summed E-state index contributed by atoms with van der Waals surface area (Å²) in [6.07, 6.45) is 0. The molecule has 0 bridgehead atoms. The number of hydrogen-bond acceptors (Lipinski definition) is 4. The van der Waals surface area contributed by atoms with Crippen molar-refractivity contribution in [3.8, 4) is 11.4 Å². The van der Waals surface area contributed by atoms with Gasteiger partial charge in [0.15, 0.2) is 11.6 Å². The van der Waals surface area contributed by atoms with E-state index in [1.54, 1.807) is 0 Å². The normalized spacial score (nSPS) is 11.7. The predicted molar refractivity (Wildman–Crippen MR) is 58.2 cm³/mol. The van der Waals surface area contributed by atoms with E-state index in [0.717, 1.165) is 0 Å². The molecule has 0 unspecified atom stereocenters.